The number of Topliss-reactive ketones (excluding diaryl/α,β-unsaturated/α-hetero) is 3. The SMILES string of the molecule is CC1(C)CN(CC2(CC(=O)C[C@H](C(=O)N3C[C@]4(C[C@H]3C(=O)CC(CC3CCC3)C(=O)C(N)=O)C(C)(C)C43CCC3)C(C)(C)C)CCCCC2)CCO1. The van der Waals surface area contributed by atoms with E-state index >= 15 is 4.79 Å². The molecule has 2 amide bonds. The van der Waals surface area contributed by atoms with Gasteiger partial charge in [-0.05, 0) is 80.0 Å². The van der Waals surface area contributed by atoms with Crippen LogP contribution in [0.1, 0.15) is 151 Å². The van der Waals surface area contributed by atoms with Crippen LogP contribution in [-0.2, 0) is 28.7 Å². The van der Waals surface area contributed by atoms with E-state index < -0.39 is 35.0 Å². The molecule has 6 aliphatic rings. The lowest BCUT2D eigenvalue weighted by Crippen LogP contribution is -2.52. The number of ketones is 3. The molecule has 4 atom stereocenters. The Hall–Kier alpha value is -2.13. The monoisotopic (exact) mass is 724 g/mol. The first kappa shape index (κ1) is 39.6. The zero-order chi connectivity index (χ0) is 37.9. The lowest BCUT2D eigenvalue weighted by molar-refractivity contribution is -0.147. The lowest BCUT2D eigenvalue weighted by atomic mass is 9.68. The maximum atomic E-state index is 15.1. The summed E-state index contributed by atoms with van der Waals surface area (Å²) in [5.41, 5.74) is 4.66. The Morgan fingerprint density at radius 3 is 2.04 bits per heavy atom. The van der Waals surface area contributed by atoms with Gasteiger partial charge in [0.1, 0.15) is 5.78 Å². The van der Waals surface area contributed by atoms with E-state index in [4.69, 9.17) is 10.5 Å². The van der Waals surface area contributed by atoms with Crippen LogP contribution < -0.4 is 5.73 Å². The van der Waals surface area contributed by atoms with Crippen LogP contribution in [-0.4, -0.2) is 83.4 Å². The van der Waals surface area contributed by atoms with Crippen LogP contribution in [0.15, 0.2) is 0 Å². The summed E-state index contributed by atoms with van der Waals surface area (Å²) in [5, 5.41) is 0. The molecule has 9 heteroatoms. The van der Waals surface area contributed by atoms with Gasteiger partial charge in [0.15, 0.2) is 5.78 Å². The van der Waals surface area contributed by atoms with Crippen molar-refractivity contribution in [2.24, 2.45) is 50.6 Å². The number of amides is 2. The van der Waals surface area contributed by atoms with Crippen molar-refractivity contribution >= 4 is 29.2 Å². The molecule has 52 heavy (non-hydrogen) atoms. The highest BCUT2D eigenvalue weighted by atomic mass is 16.5. The highest BCUT2D eigenvalue weighted by molar-refractivity contribution is 6.36. The number of ether oxygens (including phenoxy) is 1. The number of hydrogen-bond acceptors (Lipinski definition) is 7. The number of fused-ring (bicyclic) bond motifs is 1. The van der Waals surface area contributed by atoms with E-state index in [1.54, 1.807) is 0 Å². The van der Waals surface area contributed by atoms with Gasteiger partial charge >= 0.3 is 0 Å². The predicted octanol–water partition coefficient (Wildman–Crippen LogP) is 6.68. The third-order valence-electron chi connectivity index (χ3n) is 15.7. The van der Waals surface area contributed by atoms with Crippen LogP contribution in [0.3, 0.4) is 0 Å². The van der Waals surface area contributed by atoms with Gasteiger partial charge in [0.05, 0.1) is 18.2 Å². The fourth-order valence-electron chi connectivity index (χ4n) is 12.2. The molecule has 2 heterocycles. The number of likely N-dealkylation sites (tertiary alicyclic amines) is 1. The molecule has 4 saturated carbocycles. The van der Waals surface area contributed by atoms with Crippen molar-refractivity contribution in [2.75, 3.05) is 32.8 Å². The van der Waals surface area contributed by atoms with Crippen molar-refractivity contribution in [3.05, 3.63) is 0 Å². The zero-order valence-electron chi connectivity index (χ0n) is 33.6. The van der Waals surface area contributed by atoms with Gasteiger partial charge in [0, 0.05) is 62.7 Å². The van der Waals surface area contributed by atoms with E-state index in [9.17, 15) is 19.2 Å². The topological polar surface area (TPSA) is 127 Å². The first-order valence-corrected chi connectivity index (χ1v) is 20.8. The second-order valence-electron chi connectivity index (χ2n) is 20.7. The predicted molar refractivity (Wildman–Crippen MR) is 201 cm³/mol. The van der Waals surface area contributed by atoms with Crippen LogP contribution in [0.2, 0.25) is 0 Å². The summed E-state index contributed by atoms with van der Waals surface area (Å²) in [6.45, 7) is 18.9. The highest BCUT2D eigenvalue weighted by Gasteiger charge is 2.85. The van der Waals surface area contributed by atoms with E-state index in [1.165, 1.54) is 6.42 Å². The van der Waals surface area contributed by atoms with Gasteiger partial charge < -0.3 is 15.4 Å². The summed E-state index contributed by atoms with van der Waals surface area (Å²) >= 11 is 0. The Labute approximate surface area is 313 Å². The molecule has 2 aliphatic heterocycles. The molecule has 0 radical (unpaired) electrons. The summed E-state index contributed by atoms with van der Waals surface area (Å²) in [6.07, 6.45) is 13.7. The first-order chi connectivity index (χ1) is 24.3. The Morgan fingerprint density at radius 2 is 1.52 bits per heavy atom. The van der Waals surface area contributed by atoms with E-state index in [0.29, 0.717) is 38.3 Å². The maximum absolute atomic E-state index is 15.1. The van der Waals surface area contributed by atoms with Gasteiger partial charge in [-0.25, -0.2) is 0 Å². The number of hydrogen-bond donors (Lipinski definition) is 1. The summed E-state index contributed by atoms with van der Waals surface area (Å²) in [6, 6.07) is -0.661. The molecule has 0 bridgehead atoms. The summed E-state index contributed by atoms with van der Waals surface area (Å²) in [4.78, 5) is 73.4. The molecule has 0 aromatic carbocycles. The zero-order valence-corrected chi connectivity index (χ0v) is 33.6. The van der Waals surface area contributed by atoms with Crippen molar-refractivity contribution in [1.82, 2.24) is 9.80 Å². The normalized spacial score (nSPS) is 30.3. The smallest absolute Gasteiger partial charge is 0.285 e. The first-order valence-electron chi connectivity index (χ1n) is 20.8. The van der Waals surface area contributed by atoms with Crippen LogP contribution in [0.4, 0.5) is 0 Å². The number of rotatable bonds is 14. The largest absolute Gasteiger partial charge is 0.373 e. The van der Waals surface area contributed by atoms with E-state index in [-0.39, 0.29) is 57.6 Å². The van der Waals surface area contributed by atoms with Gasteiger partial charge in [0.2, 0.25) is 11.7 Å². The average molecular weight is 724 g/mol. The molecule has 6 fully saturated rings. The number of primary amides is 1. The third-order valence-corrected chi connectivity index (χ3v) is 15.7. The number of morpholine rings is 1. The van der Waals surface area contributed by atoms with Gasteiger partial charge in [-0.1, -0.05) is 79.6 Å². The molecule has 0 aromatic heterocycles. The van der Waals surface area contributed by atoms with E-state index in [1.807, 2.05) is 25.7 Å². The summed E-state index contributed by atoms with van der Waals surface area (Å²) in [5.74, 6) is -2.70. The average Bonchev–Trinajstić information content (AvgIpc) is 3.22. The minimum atomic E-state index is -0.982. The Balaban J connectivity index is 1.23. The Kier molecular flexibility index (Phi) is 10.8. The molecule has 9 nitrogen and oxygen atoms in total. The second-order valence-corrected chi connectivity index (χ2v) is 20.7. The lowest BCUT2D eigenvalue weighted by Gasteiger charge is -2.45. The molecule has 2 saturated heterocycles. The van der Waals surface area contributed by atoms with Crippen LogP contribution in [0, 0.1) is 44.8 Å². The van der Waals surface area contributed by atoms with Gasteiger partial charge in [-0.15, -0.1) is 0 Å². The van der Waals surface area contributed by atoms with Gasteiger partial charge in [-0.2, -0.15) is 0 Å². The van der Waals surface area contributed by atoms with Crippen LogP contribution in [0.5, 0.6) is 0 Å². The molecule has 2 spiro atoms. The quantitative estimate of drug-likeness (QED) is 0.198. The highest BCUT2D eigenvalue weighted by Crippen LogP contribution is 2.88. The summed E-state index contributed by atoms with van der Waals surface area (Å²) < 4.78 is 6.00. The minimum absolute atomic E-state index is 0.00530. The standard InChI is InChI=1S/C43H69N3O6/c1-38(2,3)32(23-31(47)24-41(15-9-8-10-16-41)27-45-19-20-52-39(4,5)26-45)37(51)46-28-43(40(6,7)42(43)17-12-18-42)25-33(46)34(48)22-30(35(49)36(44)50)21-29-13-11-14-29/h29-30,32-33H,8-28H2,1-7H3,(H2,44,50)/t30?,32-,33+,43-/m1/s1. The maximum Gasteiger partial charge on any atom is 0.285 e. The van der Waals surface area contributed by atoms with Crippen molar-refractivity contribution < 1.29 is 28.7 Å². The number of nitrogens with two attached hydrogens (primary N) is 1. The fraction of sp³-hybridized carbons (Fsp3) is 0.884. The molecule has 6 rings (SSSR count). The third kappa shape index (κ3) is 7.20. The number of carbonyl (C=O) groups excluding carboxylic acids is 5. The molecular weight excluding hydrogens is 654 g/mol. The van der Waals surface area contributed by atoms with Gasteiger partial charge in [-0.3, -0.25) is 28.9 Å². The van der Waals surface area contributed by atoms with Crippen LogP contribution >= 0.6 is 0 Å². The number of nitrogens with zero attached hydrogens (tertiary/aromatic N) is 2. The molecular formula is C43H69N3O6. The van der Waals surface area contributed by atoms with E-state index in [2.05, 4.69) is 32.6 Å². The van der Waals surface area contributed by atoms with Gasteiger partial charge in [0.25, 0.3) is 5.91 Å². The minimum Gasteiger partial charge on any atom is -0.373 e. The Morgan fingerprint density at radius 1 is 0.846 bits per heavy atom. The summed E-state index contributed by atoms with van der Waals surface area (Å²) in [7, 11) is 0. The van der Waals surface area contributed by atoms with E-state index in [0.717, 1.165) is 83.8 Å². The molecule has 4 aliphatic carbocycles. The molecule has 0 aromatic rings. The second kappa shape index (κ2) is 14.2. The Bertz CT molecular complexity index is 1410. The number of carbonyl (C=O) groups is 5. The molecule has 1 unspecified atom stereocenters. The fourth-order valence-corrected chi connectivity index (χ4v) is 12.2. The van der Waals surface area contributed by atoms with Crippen molar-refractivity contribution in [3.63, 3.8) is 0 Å². The molecule has 2 N–H and O–H groups in total. The van der Waals surface area contributed by atoms with Crippen molar-refractivity contribution in [1.29, 1.82) is 0 Å². The van der Waals surface area contributed by atoms with Crippen molar-refractivity contribution in [2.45, 2.75) is 163 Å². The molecule has 292 valence electrons. The van der Waals surface area contributed by atoms with Crippen LogP contribution in [0.25, 0.3) is 0 Å². The van der Waals surface area contributed by atoms with Crippen molar-refractivity contribution in [3.8, 4) is 0 Å².